The van der Waals surface area contributed by atoms with E-state index in [9.17, 15) is 13.2 Å². The minimum Gasteiger partial charge on any atom is -0.321 e. The first-order chi connectivity index (χ1) is 13.9. The number of hydrogen-bond acceptors (Lipinski definition) is 4. The Hall–Kier alpha value is -2.48. The Balaban J connectivity index is 1.71. The third-order valence-electron chi connectivity index (χ3n) is 3.96. The highest BCUT2D eigenvalue weighted by Gasteiger charge is 2.15. The number of para-hydroxylation sites is 1. The standard InChI is InChI=1S/C21H19ClN2O3S2/c1-2-28-20-6-4-3-5-19(20)23-21(25)15-7-11-17(12-8-15)24-29(26,27)18-13-9-16(22)10-14-18/h3-14,24H,2H2,1H3,(H,23,25). The summed E-state index contributed by atoms with van der Waals surface area (Å²) >= 11 is 7.45. The van der Waals surface area contributed by atoms with Crippen molar-refractivity contribution in [3.63, 3.8) is 0 Å². The number of benzene rings is 3. The number of carbonyl (C=O) groups is 1. The van der Waals surface area contributed by atoms with Crippen LogP contribution in [0.2, 0.25) is 5.02 Å². The molecule has 3 aromatic rings. The number of hydrogen-bond donors (Lipinski definition) is 2. The van der Waals surface area contributed by atoms with E-state index in [2.05, 4.69) is 10.0 Å². The van der Waals surface area contributed by atoms with Crippen LogP contribution in [0.3, 0.4) is 0 Å². The second kappa shape index (κ2) is 9.35. The molecule has 3 aromatic carbocycles. The Morgan fingerprint density at radius 3 is 2.28 bits per heavy atom. The summed E-state index contributed by atoms with van der Waals surface area (Å²) in [4.78, 5) is 13.7. The second-order valence-corrected chi connectivity index (χ2v) is 9.44. The van der Waals surface area contributed by atoms with Crippen molar-refractivity contribution in [1.82, 2.24) is 0 Å². The average Bonchev–Trinajstić information content (AvgIpc) is 2.70. The molecule has 3 rings (SSSR count). The second-order valence-electron chi connectivity index (χ2n) is 6.02. The predicted molar refractivity (Wildman–Crippen MR) is 119 cm³/mol. The van der Waals surface area contributed by atoms with Crippen LogP contribution in [0.1, 0.15) is 17.3 Å². The zero-order valence-electron chi connectivity index (χ0n) is 15.6. The highest BCUT2D eigenvalue weighted by atomic mass is 35.5. The zero-order valence-corrected chi connectivity index (χ0v) is 17.9. The predicted octanol–water partition coefficient (Wildman–Crippen LogP) is 5.51. The normalized spacial score (nSPS) is 11.1. The molecule has 29 heavy (non-hydrogen) atoms. The van der Waals surface area contributed by atoms with Gasteiger partial charge in [-0.1, -0.05) is 30.7 Å². The molecule has 0 aliphatic carbocycles. The van der Waals surface area contributed by atoms with Crippen LogP contribution in [0.4, 0.5) is 11.4 Å². The van der Waals surface area contributed by atoms with E-state index in [4.69, 9.17) is 11.6 Å². The van der Waals surface area contributed by atoms with Crippen molar-refractivity contribution in [3.05, 3.63) is 83.4 Å². The summed E-state index contributed by atoms with van der Waals surface area (Å²) in [5.74, 6) is 0.635. The Bertz CT molecular complexity index is 1100. The Labute approximate surface area is 179 Å². The molecule has 0 heterocycles. The SMILES string of the molecule is CCSc1ccccc1NC(=O)c1ccc(NS(=O)(=O)c2ccc(Cl)cc2)cc1. The van der Waals surface area contributed by atoms with Gasteiger partial charge in [0.25, 0.3) is 15.9 Å². The van der Waals surface area contributed by atoms with E-state index in [1.54, 1.807) is 36.0 Å². The van der Waals surface area contributed by atoms with Gasteiger partial charge in [-0.25, -0.2) is 8.42 Å². The topological polar surface area (TPSA) is 75.3 Å². The summed E-state index contributed by atoms with van der Waals surface area (Å²) in [6.07, 6.45) is 0. The van der Waals surface area contributed by atoms with Gasteiger partial charge in [-0.05, 0) is 66.4 Å². The molecular weight excluding hydrogens is 428 g/mol. The first-order valence-electron chi connectivity index (χ1n) is 8.80. The van der Waals surface area contributed by atoms with E-state index >= 15 is 0 Å². The number of carbonyl (C=O) groups excluding carboxylic acids is 1. The fourth-order valence-electron chi connectivity index (χ4n) is 2.56. The van der Waals surface area contributed by atoms with Crippen LogP contribution in [-0.2, 0) is 10.0 Å². The number of sulfonamides is 1. The minimum absolute atomic E-state index is 0.105. The van der Waals surface area contributed by atoms with Gasteiger partial charge >= 0.3 is 0 Å². The lowest BCUT2D eigenvalue weighted by molar-refractivity contribution is 0.102. The van der Waals surface area contributed by atoms with E-state index in [1.807, 2.05) is 31.2 Å². The van der Waals surface area contributed by atoms with Crippen LogP contribution in [-0.4, -0.2) is 20.1 Å². The maximum Gasteiger partial charge on any atom is 0.261 e. The highest BCUT2D eigenvalue weighted by molar-refractivity contribution is 7.99. The van der Waals surface area contributed by atoms with Crippen LogP contribution < -0.4 is 10.0 Å². The highest BCUT2D eigenvalue weighted by Crippen LogP contribution is 2.27. The Kier molecular flexibility index (Phi) is 6.84. The van der Waals surface area contributed by atoms with Gasteiger partial charge in [-0.15, -0.1) is 11.8 Å². The first kappa shape index (κ1) is 21.2. The molecule has 150 valence electrons. The molecule has 0 bridgehead atoms. The molecule has 0 aliphatic heterocycles. The maximum atomic E-state index is 12.5. The van der Waals surface area contributed by atoms with Crippen LogP contribution >= 0.6 is 23.4 Å². The monoisotopic (exact) mass is 446 g/mol. The van der Waals surface area contributed by atoms with Gasteiger partial charge in [0.05, 0.1) is 10.6 Å². The van der Waals surface area contributed by atoms with Crippen molar-refractivity contribution < 1.29 is 13.2 Å². The van der Waals surface area contributed by atoms with Gasteiger partial charge in [0.1, 0.15) is 0 Å². The molecule has 8 heteroatoms. The van der Waals surface area contributed by atoms with Crippen molar-refractivity contribution >= 4 is 50.7 Å². The van der Waals surface area contributed by atoms with Crippen LogP contribution in [0.5, 0.6) is 0 Å². The van der Waals surface area contributed by atoms with Crippen molar-refractivity contribution in [2.45, 2.75) is 16.7 Å². The van der Waals surface area contributed by atoms with E-state index in [0.717, 1.165) is 16.3 Å². The number of rotatable bonds is 7. The lowest BCUT2D eigenvalue weighted by atomic mass is 10.2. The average molecular weight is 447 g/mol. The summed E-state index contributed by atoms with van der Waals surface area (Å²) in [6, 6.07) is 19.7. The van der Waals surface area contributed by atoms with Gasteiger partial charge in [0.2, 0.25) is 0 Å². The summed E-state index contributed by atoms with van der Waals surface area (Å²) in [7, 11) is -3.74. The molecule has 0 aliphatic rings. The molecule has 0 aromatic heterocycles. The van der Waals surface area contributed by atoms with Crippen LogP contribution in [0, 0.1) is 0 Å². The van der Waals surface area contributed by atoms with E-state index in [1.165, 1.54) is 24.3 Å². The number of anilines is 2. The van der Waals surface area contributed by atoms with E-state index < -0.39 is 10.0 Å². The molecule has 0 spiro atoms. The quantitative estimate of drug-likeness (QED) is 0.469. The van der Waals surface area contributed by atoms with Gasteiger partial charge in [-0.2, -0.15) is 0 Å². The maximum absolute atomic E-state index is 12.5. The molecule has 0 atom stereocenters. The lowest BCUT2D eigenvalue weighted by Crippen LogP contribution is -2.14. The summed E-state index contributed by atoms with van der Waals surface area (Å²) in [5, 5.41) is 3.36. The molecule has 0 saturated heterocycles. The third kappa shape index (κ3) is 5.53. The summed E-state index contributed by atoms with van der Waals surface area (Å²) in [5.41, 5.74) is 1.53. The first-order valence-corrected chi connectivity index (χ1v) is 11.7. The van der Waals surface area contributed by atoms with Crippen molar-refractivity contribution in [1.29, 1.82) is 0 Å². The van der Waals surface area contributed by atoms with Crippen LogP contribution in [0.15, 0.2) is 82.6 Å². The van der Waals surface area contributed by atoms with Gasteiger partial charge in [0.15, 0.2) is 0 Å². The van der Waals surface area contributed by atoms with Gasteiger partial charge in [0, 0.05) is 21.2 Å². The number of amides is 1. The molecule has 0 saturated carbocycles. The number of nitrogens with one attached hydrogen (secondary N) is 2. The zero-order chi connectivity index (χ0) is 20.9. The fourth-order valence-corrected chi connectivity index (χ4v) is 4.51. The van der Waals surface area contributed by atoms with Crippen molar-refractivity contribution in [2.75, 3.05) is 15.8 Å². The Morgan fingerprint density at radius 2 is 1.62 bits per heavy atom. The molecule has 0 fully saturated rings. The molecule has 0 unspecified atom stereocenters. The van der Waals surface area contributed by atoms with E-state index in [-0.39, 0.29) is 10.8 Å². The smallest absolute Gasteiger partial charge is 0.261 e. The molecule has 1 amide bonds. The summed E-state index contributed by atoms with van der Waals surface area (Å²) < 4.78 is 27.4. The van der Waals surface area contributed by atoms with Crippen LogP contribution in [0.25, 0.3) is 0 Å². The minimum atomic E-state index is -3.74. The lowest BCUT2D eigenvalue weighted by Gasteiger charge is -2.11. The van der Waals surface area contributed by atoms with Crippen molar-refractivity contribution in [3.8, 4) is 0 Å². The number of thioether (sulfide) groups is 1. The van der Waals surface area contributed by atoms with E-state index in [0.29, 0.717) is 16.3 Å². The Morgan fingerprint density at radius 1 is 0.966 bits per heavy atom. The molecular formula is C21H19ClN2O3S2. The molecule has 2 N–H and O–H groups in total. The largest absolute Gasteiger partial charge is 0.321 e. The van der Waals surface area contributed by atoms with Gasteiger partial charge in [-0.3, -0.25) is 9.52 Å². The fraction of sp³-hybridized carbons (Fsp3) is 0.0952. The molecule has 0 radical (unpaired) electrons. The van der Waals surface area contributed by atoms with Gasteiger partial charge < -0.3 is 5.32 Å². The number of halogens is 1. The third-order valence-corrected chi connectivity index (χ3v) is 6.56. The van der Waals surface area contributed by atoms with Crippen molar-refractivity contribution in [2.24, 2.45) is 0 Å². The summed E-state index contributed by atoms with van der Waals surface area (Å²) in [6.45, 7) is 2.05. The molecule has 5 nitrogen and oxygen atoms in total.